The fourth-order valence-corrected chi connectivity index (χ4v) is 2.95. The molecule has 1 aromatic heterocycles. The van der Waals surface area contributed by atoms with Crippen molar-refractivity contribution in [1.29, 1.82) is 0 Å². The summed E-state index contributed by atoms with van der Waals surface area (Å²) in [6, 6.07) is 4.15. The normalized spacial score (nSPS) is 20.9. The first-order valence-corrected chi connectivity index (χ1v) is 6.62. The summed E-state index contributed by atoms with van der Waals surface area (Å²) < 4.78 is 0. The molecule has 1 aliphatic rings. The van der Waals surface area contributed by atoms with Crippen molar-refractivity contribution in [3.8, 4) is 0 Å². The van der Waals surface area contributed by atoms with Crippen molar-refractivity contribution < 1.29 is 0 Å². The number of hydrogen-bond acceptors (Lipinski definition) is 1. The molecule has 1 fully saturated rings. The van der Waals surface area contributed by atoms with Crippen LogP contribution in [0.1, 0.15) is 29.9 Å². The van der Waals surface area contributed by atoms with Gasteiger partial charge in [0.1, 0.15) is 0 Å². The van der Waals surface area contributed by atoms with Gasteiger partial charge in [-0.25, -0.2) is 0 Å². The van der Waals surface area contributed by atoms with Gasteiger partial charge >= 0.3 is 0 Å². The van der Waals surface area contributed by atoms with E-state index in [0.29, 0.717) is 5.92 Å². The van der Waals surface area contributed by atoms with Crippen LogP contribution in [0.25, 0.3) is 10.9 Å². The van der Waals surface area contributed by atoms with E-state index >= 15 is 0 Å². The summed E-state index contributed by atoms with van der Waals surface area (Å²) in [4.78, 5) is 3.38. The highest BCUT2D eigenvalue weighted by Gasteiger charge is 2.19. The number of aromatic amines is 1. The van der Waals surface area contributed by atoms with Crippen LogP contribution in [0.4, 0.5) is 0 Å². The minimum absolute atomic E-state index is 0.637. The van der Waals surface area contributed by atoms with Gasteiger partial charge in [0.15, 0.2) is 0 Å². The van der Waals surface area contributed by atoms with Crippen molar-refractivity contribution in [2.45, 2.75) is 25.7 Å². The Morgan fingerprint density at radius 1 is 1.35 bits per heavy atom. The standard InChI is InChI=1S/C14H17ClN2/c1-9-13(15)5-4-11-12(8-17-14(9)11)10-3-2-6-16-7-10/h4-5,8,10,16-17H,2-3,6-7H2,1H3. The second kappa shape index (κ2) is 4.35. The fraction of sp³-hybridized carbons (Fsp3) is 0.429. The summed E-state index contributed by atoms with van der Waals surface area (Å²) in [6.45, 7) is 4.32. The topological polar surface area (TPSA) is 27.8 Å². The Hall–Kier alpha value is -0.990. The minimum Gasteiger partial charge on any atom is -0.361 e. The van der Waals surface area contributed by atoms with Crippen LogP contribution in [-0.4, -0.2) is 18.1 Å². The van der Waals surface area contributed by atoms with Crippen LogP contribution in [0.2, 0.25) is 5.02 Å². The van der Waals surface area contributed by atoms with E-state index in [1.165, 1.54) is 29.3 Å². The molecule has 0 spiro atoms. The molecule has 2 aromatic rings. The molecule has 2 nitrogen and oxygen atoms in total. The summed E-state index contributed by atoms with van der Waals surface area (Å²) in [6.07, 6.45) is 4.71. The van der Waals surface area contributed by atoms with Gasteiger partial charge in [0.05, 0.1) is 5.52 Å². The molecule has 90 valence electrons. The lowest BCUT2D eigenvalue weighted by Crippen LogP contribution is -2.28. The first-order chi connectivity index (χ1) is 8.27. The molecular formula is C14H17ClN2. The van der Waals surface area contributed by atoms with Gasteiger partial charge in [-0.15, -0.1) is 0 Å². The summed E-state index contributed by atoms with van der Waals surface area (Å²) in [5.41, 5.74) is 3.78. The number of benzene rings is 1. The van der Waals surface area contributed by atoms with Gasteiger partial charge in [-0.05, 0) is 49.4 Å². The van der Waals surface area contributed by atoms with Crippen LogP contribution >= 0.6 is 11.6 Å². The number of fused-ring (bicyclic) bond motifs is 1. The number of H-pyrrole nitrogens is 1. The minimum atomic E-state index is 0.637. The Morgan fingerprint density at radius 3 is 3.00 bits per heavy atom. The summed E-state index contributed by atoms with van der Waals surface area (Å²) in [5.74, 6) is 0.637. The Labute approximate surface area is 106 Å². The molecule has 1 aliphatic heterocycles. The zero-order valence-corrected chi connectivity index (χ0v) is 10.8. The van der Waals surface area contributed by atoms with Gasteiger partial charge in [0.25, 0.3) is 0 Å². The maximum absolute atomic E-state index is 6.15. The van der Waals surface area contributed by atoms with Gasteiger partial charge in [-0.3, -0.25) is 0 Å². The first kappa shape index (κ1) is 11.1. The molecule has 0 aliphatic carbocycles. The molecule has 0 radical (unpaired) electrons. The lowest BCUT2D eigenvalue weighted by molar-refractivity contribution is 0.463. The molecule has 1 atom stereocenters. The molecule has 2 N–H and O–H groups in total. The largest absolute Gasteiger partial charge is 0.361 e. The van der Waals surface area contributed by atoms with Crippen LogP contribution in [0.15, 0.2) is 18.3 Å². The van der Waals surface area contributed by atoms with E-state index < -0.39 is 0 Å². The lowest BCUT2D eigenvalue weighted by Gasteiger charge is -2.22. The molecule has 3 heteroatoms. The first-order valence-electron chi connectivity index (χ1n) is 6.24. The van der Waals surface area contributed by atoms with Crippen LogP contribution < -0.4 is 5.32 Å². The molecule has 1 unspecified atom stereocenters. The van der Waals surface area contributed by atoms with Gasteiger partial charge in [0.2, 0.25) is 0 Å². The second-order valence-electron chi connectivity index (χ2n) is 4.88. The third-order valence-electron chi connectivity index (χ3n) is 3.82. The van der Waals surface area contributed by atoms with Crippen molar-refractivity contribution in [1.82, 2.24) is 10.3 Å². The van der Waals surface area contributed by atoms with Crippen molar-refractivity contribution in [3.05, 3.63) is 34.5 Å². The second-order valence-corrected chi connectivity index (χ2v) is 5.29. The van der Waals surface area contributed by atoms with Gasteiger partial charge in [0, 0.05) is 23.2 Å². The van der Waals surface area contributed by atoms with Crippen LogP contribution in [0, 0.1) is 6.92 Å². The van der Waals surface area contributed by atoms with E-state index in [9.17, 15) is 0 Å². The predicted molar refractivity (Wildman–Crippen MR) is 72.9 cm³/mol. The Balaban J connectivity index is 2.08. The Kier molecular flexibility index (Phi) is 2.85. The summed E-state index contributed by atoms with van der Waals surface area (Å²) in [7, 11) is 0. The van der Waals surface area contributed by atoms with Crippen LogP contribution in [0.3, 0.4) is 0 Å². The quantitative estimate of drug-likeness (QED) is 0.793. The molecule has 17 heavy (non-hydrogen) atoms. The third-order valence-corrected chi connectivity index (χ3v) is 4.23. The van der Waals surface area contributed by atoms with E-state index in [-0.39, 0.29) is 0 Å². The monoisotopic (exact) mass is 248 g/mol. The molecule has 1 saturated heterocycles. The van der Waals surface area contributed by atoms with Crippen LogP contribution in [0.5, 0.6) is 0 Å². The Morgan fingerprint density at radius 2 is 2.24 bits per heavy atom. The van der Waals surface area contributed by atoms with Gasteiger partial charge in [-0.2, -0.15) is 0 Å². The van der Waals surface area contributed by atoms with E-state index in [0.717, 1.165) is 23.7 Å². The third kappa shape index (κ3) is 1.85. The van der Waals surface area contributed by atoms with Crippen molar-refractivity contribution in [2.24, 2.45) is 0 Å². The lowest BCUT2D eigenvalue weighted by atomic mass is 9.91. The average molecular weight is 249 g/mol. The van der Waals surface area contributed by atoms with E-state index in [4.69, 9.17) is 11.6 Å². The molecule has 0 amide bonds. The number of aryl methyl sites for hydroxylation is 1. The van der Waals surface area contributed by atoms with E-state index in [1.807, 2.05) is 6.07 Å². The highest BCUT2D eigenvalue weighted by atomic mass is 35.5. The fourth-order valence-electron chi connectivity index (χ4n) is 2.80. The number of rotatable bonds is 1. The molecule has 2 heterocycles. The average Bonchev–Trinajstić information content (AvgIpc) is 2.79. The number of nitrogens with one attached hydrogen (secondary N) is 2. The number of aromatic nitrogens is 1. The molecule has 1 aromatic carbocycles. The van der Waals surface area contributed by atoms with Crippen molar-refractivity contribution in [2.75, 3.05) is 13.1 Å². The zero-order valence-electron chi connectivity index (χ0n) is 10.0. The molecule has 3 rings (SSSR count). The maximum Gasteiger partial charge on any atom is 0.0501 e. The van der Waals surface area contributed by atoms with Crippen molar-refractivity contribution in [3.63, 3.8) is 0 Å². The van der Waals surface area contributed by atoms with Crippen molar-refractivity contribution >= 4 is 22.5 Å². The van der Waals surface area contributed by atoms with Crippen LogP contribution in [-0.2, 0) is 0 Å². The molecule has 0 bridgehead atoms. The van der Waals surface area contributed by atoms with Gasteiger partial charge < -0.3 is 10.3 Å². The highest BCUT2D eigenvalue weighted by molar-refractivity contribution is 6.32. The van der Waals surface area contributed by atoms with Gasteiger partial charge in [-0.1, -0.05) is 17.7 Å². The SMILES string of the molecule is Cc1c(Cl)ccc2c(C3CCCNC3)c[nH]c12. The number of piperidine rings is 1. The smallest absolute Gasteiger partial charge is 0.0501 e. The summed E-state index contributed by atoms with van der Waals surface area (Å²) >= 11 is 6.15. The number of hydrogen-bond donors (Lipinski definition) is 2. The molecular weight excluding hydrogens is 232 g/mol. The predicted octanol–water partition coefficient (Wildman–Crippen LogP) is 3.60. The van der Waals surface area contributed by atoms with E-state index in [1.54, 1.807) is 0 Å². The number of halogens is 1. The molecule has 0 saturated carbocycles. The van der Waals surface area contributed by atoms with E-state index in [2.05, 4.69) is 29.5 Å². The Bertz CT molecular complexity index is 538. The highest BCUT2D eigenvalue weighted by Crippen LogP contribution is 2.33. The zero-order chi connectivity index (χ0) is 11.8. The maximum atomic E-state index is 6.15. The summed E-state index contributed by atoms with van der Waals surface area (Å²) in [5, 5.41) is 5.65.